The molecular weight excluding hydrogens is 424 g/mol. The second-order valence-corrected chi connectivity index (χ2v) is 8.48. The first-order chi connectivity index (χ1) is 16.3. The Morgan fingerprint density at radius 1 is 0.485 bits per heavy atom. The Labute approximate surface area is 197 Å². The molecule has 0 N–H and O–H groups in total. The molecule has 0 amide bonds. The molecule has 0 aliphatic heterocycles. The molecule has 0 radical (unpaired) electrons. The molecule has 1 heterocycles. The van der Waals surface area contributed by atoms with Gasteiger partial charge in [0, 0.05) is 38.5 Å². The highest BCUT2D eigenvalue weighted by Crippen LogP contribution is 2.39. The molecule has 0 fully saturated rings. The Kier molecular flexibility index (Phi) is 4.86. The molecule has 5 aromatic carbocycles. The van der Waals surface area contributed by atoms with E-state index in [-0.39, 0.29) is 0 Å². The molecule has 6 aromatic rings. The highest BCUT2D eigenvalue weighted by atomic mass is 35.5. The van der Waals surface area contributed by atoms with Gasteiger partial charge in [-0.15, -0.1) is 0 Å². The van der Waals surface area contributed by atoms with Gasteiger partial charge in [-0.1, -0.05) is 78.3 Å². The zero-order valence-corrected chi connectivity index (χ0v) is 18.7. The lowest BCUT2D eigenvalue weighted by atomic mass is 10.1. The fraction of sp³-hybridized carbons (Fsp3) is 0. The zero-order valence-electron chi connectivity index (χ0n) is 17.9. The Morgan fingerprint density at radius 3 is 1.61 bits per heavy atom. The normalized spacial score (nSPS) is 11.2. The van der Waals surface area contributed by atoms with Crippen LogP contribution in [0.25, 0.3) is 27.5 Å². The molecule has 0 unspecified atom stereocenters. The predicted octanol–water partition coefficient (Wildman–Crippen LogP) is 8.91. The van der Waals surface area contributed by atoms with Crippen molar-refractivity contribution in [2.45, 2.75) is 0 Å². The first-order valence-electron chi connectivity index (χ1n) is 11.0. The summed E-state index contributed by atoms with van der Waals surface area (Å²) in [6.45, 7) is 0. The SMILES string of the molecule is Clc1ccc2c3ccc(N(c4ccccc4)c4ccccc4)cc3n(-c3ccccc3)c2c1. The van der Waals surface area contributed by atoms with Crippen LogP contribution in [0.4, 0.5) is 17.1 Å². The van der Waals surface area contributed by atoms with E-state index in [9.17, 15) is 0 Å². The number of fused-ring (bicyclic) bond motifs is 3. The van der Waals surface area contributed by atoms with Crippen LogP contribution in [0.5, 0.6) is 0 Å². The summed E-state index contributed by atoms with van der Waals surface area (Å²) in [6, 6.07) is 44.3. The van der Waals surface area contributed by atoms with Gasteiger partial charge in [0.1, 0.15) is 0 Å². The lowest BCUT2D eigenvalue weighted by Crippen LogP contribution is -2.09. The molecular formula is C30H21ClN2. The molecule has 2 nitrogen and oxygen atoms in total. The van der Waals surface area contributed by atoms with Gasteiger partial charge in [0.25, 0.3) is 0 Å². The zero-order chi connectivity index (χ0) is 22.2. The van der Waals surface area contributed by atoms with E-state index in [2.05, 4.69) is 113 Å². The number of rotatable bonds is 4. The average molecular weight is 445 g/mol. The van der Waals surface area contributed by atoms with Crippen molar-refractivity contribution in [3.63, 3.8) is 0 Å². The van der Waals surface area contributed by atoms with Crippen molar-refractivity contribution in [2.75, 3.05) is 4.90 Å². The third-order valence-electron chi connectivity index (χ3n) is 6.01. The monoisotopic (exact) mass is 444 g/mol. The summed E-state index contributed by atoms with van der Waals surface area (Å²) in [5, 5.41) is 3.13. The van der Waals surface area contributed by atoms with Crippen LogP contribution in [0.15, 0.2) is 127 Å². The summed E-state index contributed by atoms with van der Waals surface area (Å²) in [5.74, 6) is 0. The molecule has 158 valence electrons. The number of hydrogen-bond acceptors (Lipinski definition) is 1. The first-order valence-corrected chi connectivity index (χ1v) is 11.4. The molecule has 6 rings (SSSR count). The number of halogens is 1. The highest BCUT2D eigenvalue weighted by molar-refractivity contribution is 6.31. The lowest BCUT2D eigenvalue weighted by molar-refractivity contribution is 1.18. The van der Waals surface area contributed by atoms with Crippen molar-refractivity contribution >= 4 is 50.5 Å². The van der Waals surface area contributed by atoms with Crippen LogP contribution in [0.3, 0.4) is 0 Å². The summed E-state index contributed by atoms with van der Waals surface area (Å²) in [7, 11) is 0. The van der Waals surface area contributed by atoms with Crippen LogP contribution >= 0.6 is 11.6 Å². The lowest BCUT2D eigenvalue weighted by Gasteiger charge is -2.25. The molecule has 33 heavy (non-hydrogen) atoms. The maximum absolute atomic E-state index is 6.43. The number of para-hydroxylation sites is 3. The minimum atomic E-state index is 0.734. The Hall–Kier alpha value is -4.01. The molecule has 0 aliphatic rings. The van der Waals surface area contributed by atoms with Gasteiger partial charge in [-0.25, -0.2) is 0 Å². The van der Waals surface area contributed by atoms with Crippen molar-refractivity contribution in [3.05, 3.63) is 132 Å². The number of hydrogen-bond donors (Lipinski definition) is 0. The Morgan fingerprint density at radius 2 is 1.00 bits per heavy atom. The van der Waals surface area contributed by atoms with Crippen LogP contribution in [-0.2, 0) is 0 Å². The maximum atomic E-state index is 6.43. The minimum absolute atomic E-state index is 0.734. The molecule has 0 spiro atoms. The van der Waals surface area contributed by atoms with E-state index in [0.29, 0.717) is 0 Å². The number of anilines is 3. The summed E-state index contributed by atoms with van der Waals surface area (Å²) in [5.41, 5.74) is 6.70. The summed E-state index contributed by atoms with van der Waals surface area (Å²) < 4.78 is 2.30. The van der Waals surface area contributed by atoms with E-state index in [4.69, 9.17) is 11.6 Å². The predicted molar refractivity (Wildman–Crippen MR) is 140 cm³/mol. The third kappa shape index (κ3) is 3.45. The van der Waals surface area contributed by atoms with Gasteiger partial charge in [-0.3, -0.25) is 0 Å². The average Bonchev–Trinajstić information content (AvgIpc) is 3.18. The largest absolute Gasteiger partial charge is 0.310 e. The van der Waals surface area contributed by atoms with Crippen molar-refractivity contribution in [1.29, 1.82) is 0 Å². The van der Waals surface area contributed by atoms with Crippen LogP contribution in [-0.4, -0.2) is 4.57 Å². The van der Waals surface area contributed by atoms with Crippen LogP contribution in [0.2, 0.25) is 5.02 Å². The van der Waals surface area contributed by atoms with Gasteiger partial charge in [-0.05, 0) is 60.7 Å². The van der Waals surface area contributed by atoms with Crippen LogP contribution < -0.4 is 4.90 Å². The van der Waals surface area contributed by atoms with Gasteiger partial charge < -0.3 is 9.47 Å². The van der Waals surface area contributed by atoms with E-state index in [1.54, 1.807) is 0 Å². The van der Waals surface area contributed by atoms with Gasteiger partial charge in [-0.2, -0.15) is 0 Å². The van der Waals surface area contributed by atoms with E-state index in [1.165, 1.54) is 10.8 Å². The van der Waals surface area contributed by atoms with E-state index < -0.39 is 0 Å². The van der Waals surface area contributed by atoms with Gasteiger partial charge in [0.05, 0.1) is 11.0 Å². The molecule has 0 aliphatic carbocycles. The van der Waals surface area contributed by atoms with E-state index >= 15 is 0 Å². The molecule has 1 aromatic heterocycles. The molecule has 3 heteroatoms. The highest BCUT2D eigenvalue weighted by Gasteiger charge is 2.17. The van der Waals surface area contributed by atoms with Gasteiger partial charge in [0.15, 0.2) is 0 Å². The van der Waals surface area contributed by atoms with Crippen LogP contribution in [0.1, 0.15) is 0 Å². The summed E-state index contributed by atoms with van der Waals surface area (Å²) in [6.07, 6.45) is 0. The van der Waals surface area contributed by atoms with E-state index in [1.807, 2.05) is 24.3 Å². The number of benzene rings is 5. The quantitative estimate of drug-likeness (QED) is 0.263. The molecule has 0 saturated carbocycles. The second kappa shape index (κ2) is 8.16. The summed E-state index contributed by atoms with van der Waals surface area (Å²) in [4.78, 5) is 2.29. The fourth-order valence-electron chi connectivity index (χ4n) is 4.58. The molecule has 0 atom stereocenters. The second-order valence-electron chi connectivity index (χ2n) is 8.04. The van der Waals surface area contributed by atoms with Crippen LogP contribution in [0, 0.1) is 0 Å². The topological polar surface area (TPSA) is 8.17 Å². The summed E-state index contributed by atoms with van der Waals surface area (Å²) >= 11 is 6.43. The molecule has 0 bridgehead atoms. The van der Waals surface area contributed by atoms with Gasteiger partial charge in [0.2, 0.25) is 0 Å². The number of aromatic nitrogens is 1. The maximum Gasteiger partial charge on any atom is 0.0561 e. The Bertz CT molecular complexity index is 1520. The van der Waals surface area contributed by atoms with E-state index in [0.717, 1.165) is 38.8 Å². The standard InChI is InChI=1S/C30H21ClN2/c31-22-16-18-27-28-19-17-26(21-30(28)33(29(27)20-22)25-14-8-3-9-15-25)32(23-10-4-1-5-11-23)24-12-6-2-7-13-24/h1-21H. The van der Waals surface area contributed by atoms with Crippen molar-refractivity contribution in [3.8, 4) is 5.69 Å². The fourth-order valence-corrected chi connectivity index (χ4v) is 4.74. The van der Waals surface area contributed by atoms with Crippen molar-refractivity contribution < 1.29 is 0 Å². The molecule has 0 saturated heterocycles. The van der Waals surface area contributed by atoms with Gasteiger partial charge >= 0.3 is 0 Å². The van der Waals surface area contributed by atoms with Crippen molar-refractivity contribution in [1.82, 2.24) is 4.57 Å². The first kappa shape index (κ1) is 19.7. The minimum Gasteiger partial charge on any atom is -0.310 e. The van der Waals surface area contributed by atoms with Crippen molar-refractivity contribution in [2.24, 2.45) is 0 Å². The Balaban J connectivity index is 1.66. The third-order valence-corrected chi connectivity index (χ3v) is 6.25. The smallest absolute Gasteiger partial charge is 0.0561 e. The number of nitrogens with zero attached hydrogens (tertiary/aromatic N) is 2.